The Bertz CT molecular complexity index is 1320. The number of fused-ring (bicyclic) bond motifs is 1. The smallest absolute Gasteiger partial charge is 0.247 e. The lowest BCUT2D eigenvalue weighted by Crippen LogP contribution is -2.57. The fourth-order valence-electron chi connectivity index (χ4n) is 7.50. The number of benzene rings is 2. The quantitative estimate of drug-likeness (QED) is 0.246. The van der Waals surface area contributed by atoms with Crippen LogP contribution in [-0.4, -0.2) is 74.9 Å². The van der Waals surface area contributed by atoms with E-state index in [-0.39, 0.29) is 35.5 Å². The van der Waals surface area contributed by atoms with Gasteiger partial charge in [-0.15, -0.1) is 24.9 Å². The van der Waals surface area contributed by atoms with Gasteiger partial charge in [-0.25, -0.2) is 0 Å². The van der Waals surface area contributed by atoms with Crippen LogP contribution in [0.3, 0.4) is 0 Å². The first-order valence-electron chi connectivity index (χ1n) is 15.4. The van der Waals surface area contributed by atoms with Crippen molar-refractivity contribution in [2.75, 3.05) is 31.1 Å². The van der Waals surface area contributed by atoms with Crippen molar-refractivity contribution < 1.29 is 19.5 Å². The summed E-state index contributed by atoms with van der Waals surface area (Å²) in [5.41, 5.74) is 1.79. The zero-order valence-corrected chi connectivity index (χ0v) is 25.8. The number of carbonyl (C=O) groups excluding carboxylic acids is 3. The Hall–Kier alpha value is -3.36. The fourth-order valence-corrected chi connectivity index (χ4v) is 9.91. The Morgan fingerprint density at radius 2 is 1.67 bits per heavy atom. The molecule has 2 aromatic rings. The third-order valence-corrected chi connectivity index (χ3v) is 11.4. The lowest BCUT2D eigenvalue weighted by molar-refractivity contribution is -0.143. The van der Waals surface area contributed by atoms with Crippen molar-refractivity contribution >= 4 is 35.2 Å². The standard InChI is InChI=1S/C35H43N3O4S/c1-4-19-36(24-26-15-9-6-10-16-26)34(42)31-35-25(3)23-28(43-35)29(30(35)33(41)38(31)21-13-8-14-22-39)32(40)37(20-5-2)27-17-11-7-12-18-27/h4-7,9-12,15-18,25,28-31,39H,1-2,8,13-14,19-24H2,3H3/t25?,28-,29+,30-,31?,35?/m0/s1. The van der Waals surface area contributed by atoms with Crippen molar-refractivity contribution in [1.29, 1.82) is 0 Å². The van der Waals surface area contributed by atoms with Crippen molar-refractivity contribution in [1.82, 2.24) is 9.80 Å². The summed E-state index contributed by atoms with van der Waals surface area (Å²) in [5, 5.41) is 9.31. The van der Waals surface area contributed by atoms with Crippen molar-refractivity contribution in [3.63, 3.8) is 0 Å². The number of aliphatic hydroxyl groups excluding tert-OH is 1. The number of aliphatic hydroxyl groups is 1. The molecule has 3 fully saturated rings. The molecule has 5 rings (SSSR count). The Labute approximate surface area is 259 Å². The number of rotatable bonds is 14. The van der Waals surface area contributed by atoms with E-state index in [0.717, 1.165) is 24.1 Å². The highest BCUT2D eigenvalue weighted by Gasteiger charge is 2.76. The zero-order valence-electron chi connectivity index (χ0n) is 25.0. The lowest BCUT2D eigenvalue weighted by atomic mass is 9.65. The number of anilines is 1. The van der Waals surface area contributed by atoms with Gasteiger partial charge in [-0.1, -0.05) is 67.6 Å². The Balaban J connectivity index is 1.53. The monoisotopic (exact) mass is 601 g/mol. The maximum absolute atomic E-state index is 14.7. The summed E-state index contributed by atoms with van der Waals surface area (Å²) in [4.78, 5) is 49.0. The van der Waals surface area contributed by atoms with Crippen LogP contribution in [0.4, 0.5) is 5.69 Å². The number of thioether (sulfide) groups is 1. The number of unbranched alkanes of at least 4 members (excludes halogenated alkanes) is 2. The summed E-state index contributed by atoms with van der Waals surface area (Å²) in [6.45, 7) is 11.6. The van der Waals surface area contributed by atoms with Gasteiger partial charge in [-0.05, 0) is 49.3 Å². The topological polar surface area (TPSA) is 81.2 Å². The van der Waals surface area contributed by atoms with E-state index < -0.39 is 22.6 Å². The van der Waals surface area contributed by atoms with Gasteiger partial charge in [-0.2, -0.15) is 0 Å². The summed E-state index contributed by atoms with van der Waals surface area (Å²) in [5.74, 6) is -1.26. The van der Waals surface area contributed by atoms with Crippen LogP contribution in [0.15, 0.2) is 86.0 Å². The number of likely N-dealkylation sites (tertiary alicyclic amines) is 1. The summed E-state index contributed by atoms with van der Waals surface area (Å²) in [6.07, 6.45) is 6.33. The van der Waals surface area contributed by atoms with Crippen LogP contribution < -0.4 is 4.90 Å². The van der Waals surface area contributed by atoms with Crippen molar-refractivity contribution in [2.45, 2.75) is 55.2 Å². The normalized spacial score (nSPS) is 27.2. The number of hydrogen-bond acceptors (Lipinski definition) is 5. The molecule has 0 radical (unpaired) electrons. The number of para-hydroxylation sites is 1. The van der Waals surface area contributed by atoms with Crippen LogP contribution in [0, 0.1) is 17.8 Å². The molecule has 7 nitrogen and oxygen atoms in total. The second-order valence-corrected chi connectivity index (χ2v) is 13.5. The number of nitrogens with zero attached hydrogens (tertiary/aromatic N) is 3. The van der Waals surface area contributed by atoms with E-state index in [4.69, 9.17) is 0 Å². The van der Waals surface area contributed by atoms with Gasteiger partial charge in [0, 0.05) is 43.7 Å². The maximum atomic E-state index is 14.7. The minimum Gasteiger partial charge on any atom is -0.396 e. The second-order valence-electron chi connectivity index (χ2n) is 11.9. The van der Waals surface area contributed by atoms with Crippen LogP contribution in [0.5, 0.6) is 0 Å². The van der Waals surface area contributed by atoms with E-state index in [1.165, 1.54) is 0 Å². The summed E-state index contributed by atoms with van der Waals surface area (Å²) >= 11 is 1.71. The molecule has 43 heavy (non-hydrogen) atoms. The molecule has 6 atom stereocenters. The van der Waals surface area contributed by atoms with Crippen LogP contribution >= 0.6 is 11.8 Å². The molecule has 0 saturated carbocycles. The molecular weight excluding hydrogens is 558 g/mol. The molecular formula is C35H43N3O4S. The van der Waals surface area contributed by atoms with Crippen molar-refractivity contribution in [3.8, 4) is 0 Å². The van der Waals surface area contributed by atoms with E-state index >= 15 is 0 Å². The van der Waals surface area contributed by atoms with E-state index in [1.807, 2.05) is 65.6 Å². The van der Waals surface area contributed by atoms with Gasteiger partial charge in [0.05, 0.1) is 16.6 Å². The minimum absolute atomic E-state index is 0.0405. The zero-order chi connectivity index (χ0) is 30.6. The average molecular weight is 602 g/mol. The van der Waals surface area contributed by atoms with Gasteiger partial charge in [0.1, 0.15) is 6.04 Å². The molecule has 1 N–H and O–H groups in total. The molecule has 0 aromatic heterocycles. The fraction of sp³-hybridized carbons (Fsp3) is 0.457. The molecule has 3 unspecified atom stereocenters. The van der Waals surface area contributed by atoms with E-state index in [9.17, 15) is 19.5 Å². The Morgan fingerprint density at radius 3 is 2.33 bits per heavy atom. The van der Waals surface area contributed by atoms with Crippen LogP contribution in [0.1, 0.15) is 38.2 Å². The highest BCUT2D eigenvalue weighted by molar-refractivity contribution is 8.02. The van der Waals surface area contributed by atoms with Crippen molar-refractivity contribution in [3.05, 3.63) is 91.5 Å². The predicted octanol–water partition coefficient (Wildman–Crippen LogP) is 4.92. The SMILES string of the molecule is C=CCN(Cc1ccccc1)C(=O)C1N(CCCCCO)C(=O)[C@@H]2[C@H](C(=O)N(CC=C)c3ccccc3)[C@@H]3CC(C)C12S3. The van der Waals surface area contributed by atoms with Crippen LogP contribution in [-0.2, 0) is 20.9 Å². The highest BCUT2D eigenvalue weighted by atomic mass is 32.2. The number of carbonyl (C=O) groups is 3. The van der Waals surface area contributed by atoms with Crippen molar-refractivity contribution in [2.24, 2.45) is 17.8 Å². The lowest BCUT2D eigenvalue weighted by Gasteiger charge is -2.41. The van der Waals surface area contributed by atoms with Gasteiger partial charge in [0.25, 0.3) is 0 Å². The average Bonchev–Trinajstić information content (AvgIpc) is 3.61. The first-order chi connectivity index (χ1) is 20.9. The van der Waals surface area contributed by atoms with Crippen LogP contribution in [0.2, 0.25) is 0 Å². The van der Waals surface area contributed by atoms with Gasteiger partial charge in [-0.3, -0.25) is 14.4 Å². The second kappa shape index (κ2) is 13.5. The third-order valence-electron chi connectivity index (χ3n) is 9.34. The number of hydrogen-bond donors (Lipinski definition) is 1. The first kappa shape index (κ1) is 31.1. The van der Waals surface area contributed by atoms with Gasteiger partial charge < -0.3 is 19.8 Å². The molecule has 3 aliphatic heterocycles. The molecule has 2 bridgehead atoms. The van der Waals surface area contributed by atoms with E-state index in [0.29, 0.717) is 39.0 Å². The minimum atomic E-state index is -0.692. The molecule has 3 saturated heterocycles. The summed E-state index contributed by atoms with van der Waals surface area (Å²) < 4.78 is -0.692. The highest BCUT2D eigenvalue weighted by Crippen LogP contribution is 2.69. The summed E-state index contributed by atoms with van der Waals surface area (Å²) in [6, 6.07) is 18.8. The molecule has 3 heterocycles. The molecule has 1 spiro atoms. The molecule has 2 aromatic carbocycles. The molecule has 228 valence electrons. The third kappa shape index (κ3) is 5.67. The molecule has 3 amide bonds. The molecule has 0 aliphatic carbocycles. The van der Waals surface area contributed by atoms with Crippen LogP contribution in [0.25, 0.3) is 0 Å². The first-order valence-corrected chi connectivity index (χ1v) is 16.3. The largest absolute Gasteiger partial charge is 0.396 e. The number of amides is 3. The Kier molecular flexibility index (Phi) is 9.77. The van der Waals surface area contributed by atoms with Gasteiger partial charge in [0.2, 0.25) is 17.7 Å². The van der Waals surface area contributed by atoms with E-state index in [1.54, 1.807) is 33.7 Å². The predicted molar refractivity (Wildman–Crippen MR) is 172 cm³/mol. The van der Waals surface area contributed by atoms with Gasteiger partial charge >= 0.3 is 0 Å². The summed E-state index contributed by atoms with van der Waals surface area (Å²) in [7, 11) is 0. The van der Waals surface area contributed by atoms with Gasteiger partial charge in [0.15, 0.2) is 0 Å². The molecule has 3 aliphatic rings. The maximum Gasteiger partial charge on any atom is 0.247 e. The Morgan fingerprint density at radius 1 is 1.00 bits per heavy atom. The molecule has 8 heteroatoms. The van der Waals surface area contributed by atoms with E-state index in [2.05, 4.69) is 20.1 Å².